The summed E-state index contributed by atoms with van der Waals surface area (Å²) in [6, 6.07) is 1.50. The predicted octanol–water partition coefficient (Wildman–Crippen LogP) is -0.100. The lowest BCUT2D eigenvalue weighted by atomic mass is 9.84. The summed E-state index contributed by atoms with van der Waals surface area (Å²) in [6.07, 6.45) is 5.13. The molecule has 0 aliphatic carbocycles. The minimum absolute atomic E-state index is 0.211. The molecule has 0 aromatic rings. The lowest BCUT2D eigenvalue weighted by Gasteiger charge is -2.43. The summed E-state index contributed by atoms with van der Waals surface area (Å²) in [6.45, 7) is 0.889. The fourth-order valence-electron chi connectivity index (χ4n) is 3.39. The second-order valence-electron chi connectivity index (χ2n) is 5.07. The highest BCUT2D eigenvalue weighted by Gasteiger charge is 2.48. The van der Waals surface area contributed by atoms with Crippen molar-refractivity contribution < 1.29 is 0 Å². The van der Waals surface area contributed by atoms with E-state index in [1.54, 1.807) is 0 Å². The van der Waals surface area contributed by atoms with Crippen LogP contribution in [-0.4, -0.2) is 42.1 Å². The van der Waals surface area contributed by atoms with Crippen molar-refractivity contribution in [1.82, 2.24) is 10.2 Å². The van der Waals surface area contributed by atoms with Crippen LogP contribution in [0.3, 0.4) is 0 Å². The summed E-state index contributed by atoms with van der Waals surface area (Å²) in [5.41, 5.74) is 5.92. The van der Waals surface area contributed by atoms with Gasteiger partial charge in [0.05, 0.1) is 12.1 Å². The Kier molecular flexibility index (Phi) is 1.60. The molecule has 3 heterocycles. The summed E-state index contributed by atoms with van der Waals surface area (Å²) < 4.78 is 0. The second-order valence-corrected chi connectivity index (χ2v) is 5.07. The molecule has 2 atom stereocenters. The molecule has 3 rings (SSSR count). The zero-order valence-corrected chi connectivity index (χ0v) is 8.66. The van der Waals surface area contributed by atoms with Crippen molar-refractivity contribution in [1.29, 1.82) is 0 Å². The Hall–Kier alpha value is -0.770. The molecular formula is C10H18N4. The van der Waals surface area contributed by atoms with Gasteiger partial charge in [-0.2, -0.15) is 0 Å². The lowest BCUT2D eigenvalue weighted by Crippen LogP contribution is -2.57. The van der Waals surface area contributed by atoms with Crippen LogP contribution in [0.1, 0.15) is 25.7 Å². The van der Waals surface area contributed by atoms with Gasteiger partial charge in [-0.15, -0.1) is 0 Å². The molecule has 2 fully saturated rings. The first-order chi connectivity index (χ1) is 6.69. The molecule has 14 heavy (non-hydrogen) atoms. The Morgan fingerprint density at radius 3 is 2.57 bits per heavy atom. The van der Waals surface area contributed by atoms with Gasteiger partial charge < -0.3 is 16.0 Å². The first kappa shape index (κ1) is 8.53. The van der Waals surface area contributed by atoms with Gasteiger partial charge in [-0.25, -0.2) is 0 Å². The van der Waals surface area contributed by atoms with Gasteiger partial charge in [-0.1, -0.05) is 0 Å². The number of piperidine rings is 1. The van der Waals surface area contributed by atoms with E-state index in [-0.39, 0.29) is 5.54 Å². The van der Waals surface area contributed by atoms with Crippen LogP contribution in [0.15, 0.2) is 4.99 Å². The Bertz CT molecular complexity index is 272. The summed E-state index contributed by atoms with van der Waals surface area (Å²) in [5.74, 6) is 0.647. The largest absolute Gasteiger partial charge is 0.370 e. The number of hydrogen-bond donors (Lipinski definition) is 2. The standard InChI is InChI=1S/C10H18N4/c1-14-7-2-3-8(14)5-10(4-7)6-12-9(11)13-10/h7-8H,2-6H2,1H3,(H3,11,12,13). The fraction of sp³-hybridized carbons (Fsp3) is 0.900. The third-order valence-electron chi connectivity index (χ3n) is 4.18. The van der Waals surface area contributed by atoms with Gasteiger partial charge in [0.1, 0.15) is 0 Å². The van der Waals surface area contributed by atoms with Crippen molar-refractivity contribution in [3.05, 3.63) is 0 Å². The fourth-order valence-corrected chi connectivity index (χ4v) is 3.39. The number of nitrogens with two attached hydrogens (primary N) is 1. The van der Waals surface area contributed by atoms with Crippen LogP contribution in [-0.2, 0) is 0 Å². The molecule has 0 aromatic heterocycles. The monoisotopic (exact) mass is 194 g/mol. The molecule has 2 bridgehead atoms. The third kappa shape index (κ3) is 1.06. The molecule has 2 unspecified atom stereocenters. The van der Waals surface area contributed by atoms with E-state index < -0.39 is 0 Å². The molecule has 3 N–H and O–H groups in total. The molecule has 1 spiro atoms. The van der Waals surface area contributed by atoms with Crippen molar-refractivity contribution in [2.45, 2.75) is 43.3 Å². The smallest absolute Gasteiger partial charge is 0.189 e. The topological polar surface area (TPSA) is 53.6 Å². The quantitative estimate of drug-likeness (QED) is 0.566. The normalized spacial score (nSPS) is 46.8. The summed E-state index contributed by atoms with van der Waals surface area (Å²) >= 11 is 0. The van der Waals surface area contributed by atoms with Gasteiger partial charge in [0.25, 0.3) is 0 Å². The molecule has 0 aromatic carbocycles. The maximum Gasteiger partial charge on any atom is 0.189 e. The van der Waals surface area contributed by atoms with Gasteiger partial charge in [0.15, 0.2) is 5.96 Å². The van der Waals surface area contributed by atoms with Gasteiger partial charge >= 0.3 is 0 Å². The van der Waals surface area contributed by atoms with E-state index in [4.69, 9.17) is 5.73 Å². The number of aliphatic imine (C=N–C) groups is 1. The number of rotatable bonds is 0. The molecule has 0 saturated carbocycles. The third-order valence-corrected chi connectivity index (χ3v) is 4.18. The zero-order chi connectivity index (χ0) is 9.76. The minimum Gasteiger partial charge on any atom is -0.370 e. The molecule has 78 valence electrons. The van der Waals surface area contributed by atoms with Crippen molar-refractivity contribution in [2.75, 3.05) is 13.6 Å². The molecule has 4 nitrogen and oxygen atoms in total. The lowest BCUT2D eigenvalue weighted by molar-refractivity contribution is 0.111. The van der Waals surface area contributed by atoms with Crippen molar-refractivity contribution in [3.63, 3.8) is 0 Å². The Labute approximate surface area is 84.6 Å². The van der Waals surface area contributed by atoms with Crippen molar-refractivity contribution in [2.24, 2.45) is 10.7 Å². The molecule has 2 saturated heterocycles. The highest BCUT2D eigenvalue weighted by atomic mass is 15.3. The van der Waals surface area contributed by atoms with Crippen LogP contribution in [0.2, 0.25) is 0 Å². The van der Waals surface area contributed by atoms with Crippen LogP contribution in [0, 0.1) is 0 Å². The molecule has 0 radical (unpaired) electrons. The van der Waals surface area contributed by atoms with E-state index in [0.29, 0.717) is 5.96 Å². The number of nitrogens with zero attached hydrogens (tertiary/aromatic N) is 2. The first-order valence-corrected chi connectivity index (χ1v) is 5.49. The Balaban J connectivity index is 1.80. The Morgan fingerprint density at radius 1 is 1.43 bits per heavy atom. The van der Waals surface area contributed by atoms with E-state index in [1.165, 1.54) is 25.7 Å². The summed E-state index contributed by atoms with van der Waals surface area (Å²) in [4.78, 5) is 6.84. The maximum atomic E-state index is 5.71. The maximum absolute atomic E-state index is 5.71. The average molecular weight is 194 g/mol. The number of fused-ring (bicyclic) bond motifs is 2. The molecular weight excluding hydrogens is 176 g/mol. The van der Waals surface area contributed by atoms with Gasteiger partial charge in [0.2, 0.25) is 0 Å². The highest BCUT2D eigenvalue weighted by molar-refractivity contribution is 5.80. The van der Waals surface area contributed by atoms with E-state index in [0.717, 1.165) is 18.6 Å². The van der Waals surface area contributed by atoms with Crippen molar-refractivity contribution in [3.8, 4) is 0 Å². The van der Waals surface area contributed by atoms with Gasteiger partial charge in [-0.3, -0.25) is 4.99 Å². The van der Waals surface area contributed by atoms with Crippen molar-refractivity contribution >= 4 is 5.96 Å². The molecule has 3 aliphatic heterocycles. The van der Waals surface area contributed by atoms with Crippen LogP contribution in [0.25, 0.3) is 0 Å². The van der Waals surface area contributed by atoms with Crippen LogP contribution in [0.4, 0.5) is 0 Å². The van der Waals surface area contributed by atoms with Gasteiger partial charge in [-0.05, 0) is 32.7 Å². The average Bonchev–Trinajstić information content (AvgIpc) is 2.58. The highest BCUT2D eigenvalue weighted by Crippen LogP contribution is 2.40. The summed E-state index contributed by atoms with van der Waals surface area (Å²) in [5, 5.41) is 3.39. The summed E-state index contributed by atoms with van der Waals surface area (Å²) in [7, 11) is 2.26. The number of nitrogens with one attached hydrogen (secondary N) is 1. The van der Waals surface area contributed by atoms with E-state index >= 15 is 0 Å². The van der Waals surface area contributed by atoms with E-state index in [1.807, 2.05) is 0 Å². The number of guanidine groups is 1. The molecule has 3 aliphatic rings. The second kappa shape index (κ2) is 2.63. The van der Waals surface area contributed by atoms with E-state index in [2.05, 4.69) is 22.3 Å². The van der Waals surface area contributed by atoms with Gasteiger partial charge in [0, 0.05) is 12.1 Å². The van der Waals surface area contributed by atoms with Crippen LogP contribution < -0.4 is 11.1 Å². The SMILES string of the molecule is CN1C2CCC1CC1(CN=C(N)N1)C2. The molecule has 4 heteroatoms. The first-order valence-electron chi connectivity index (χ1n) is 5.49. The predicted molar refractivity (Wildman–Crippen MR) is 56.2 cm³/mol. The Morgan fingerprint density at radius 2 is 2.07 bits per heavy atom. The van der Waals surface area contributed by atoms with Crippen LogP contribution in [0.5, 0.6) is 0 Å². The minimum atomic E-state index is 0.211. The van der Waals surface area contributed by atoms with Crippen LogP contribution >= 0.6 is 0 Å². The molecule has 0 amide bonds. The number of hydrogen-bond acceptors (Lipinski definition) is 4. The van der Waals surface area contributed by atoms with E-state index in [9.17, 15) is 0 Å². The zero-order valence-electron chi connectivity index (χ0n) is 8.66.